The first-order valence-electron chi connectivity index (χ1n) is 5.51. The van der Waals surface area contributed by atoms with Crippen molar-refractivity contribution >= 4 is 17.5 Å². The molecule has 5 heteroatoms. The Balaban J connectivity index is 1.96. The summed E-state index contributed by atoms with van der Waals surface area (Å²) >= 11 is 5.72. The highest BCUT2D eigenvalue weighted by molar-refractivity contribution is 6.30. The smallest absolute Gasteiger partial charge is 0.254 e. The maximum atomic E-state index is 13.4. The van der Waals surface area contributed by atoms with Crippen molar-refractivity contribution in [1.82, 2.24) is 5.32 Å². The molecule has 0 radical (unpaired) electrons. The number of carbonyl (C=O) groups excluding carboxylic acids is 1. The normalized spacial score (nSPS) is 19.3. The molecule has 1 aliphatic rings. The Morgan fingerprint density at radius 3 is 3.12 bits per heavy atom. The minimum atomic E-state index is -0.570. The maximum Gasteiger partial charge on any atom is 0.254 e. The van der Waals surface area contributed by atoms with E-state index in [1.165, 1.54) is 18.2 Å². The number of hydrogen-bond acceptors (Lipinski definition) is 2. The van der Waals surface area contributed by atoms with Gasteiger partial charge in [0.2, 0.25) is 0 Å². The number of ether oxygens (including phenoxy) is 1. The average molecular weight is 258 g/mol. The molecule has 0 bridgehead atoms. The molecule has 0 unspecified atom stereocenters. The van der Waals surface area contributed by atoms with Crippen LogP contribution in [0, 0.1) is 5.82 Å². The predicted octanol–water partition coefficient (Wildman–Crippen LogP) is 2.39. The summed E-state index contributed by atoms with van der Waals surface area (Å²) in [7, 11) is 0. The zero-order valence-electron chi connectivity index (χ0n) is 9.21. The van der Waals surface area contributed by atoms with Gasteiger partial charge in [0.15, 0.2) is 0 Å². The summed E-state index contributed by atoms with van der Waals surface area (Å²) in [5.74, 6) is -1.03. The van der Waals surface area contributed by atoms with Crippen molar-refractivity contribution in [1.29, 1.82) is 0 Å². The second-order valence-electron chi connectivity index (χ2n) is 3.97. The molecule has 1 N–H and O–H groups in total. The number of rotatable bonds is 3. The van der Waals surface area contributed by atoms with Crippen molar-refractivity contribution in [3.63, 3.8) is 0 Å². The summed E-state index contributed by atoms with van der Waals surface area (Å²) in [5, 5.41) is 2.99. The Morgan fingerprint density at radius 2 is 2.41 bits per heavy atom. The van der Waals surface area contributed by atoms with Gasteiger partial charge in [-0.05, 0) is 31.0 Å². The van der Waals surface area contributed by atoms with Gasteiger partial charge in [0.1, 0.15) is 5.82 Å². The summed E-state index contributed by atoms with van der Waals surface area (Å²) in [4.78, 5) is 11.7. The van der Waals surface area contributed by atoms with Crippen LogP contribution in [0.5, 0.6) is 0 Å². The predicted molar refractivity (Wildman–Crippen MR) is 62.7 cm³/mol. The first kappa shape index (κ1) is 12.3. The molecule has 17 heavy (non-hydrogen) atoms. The lowest BCUT2D eigenvalue weighted by atomic mass is 10.2. The van der Waals surface area contributed by atoms with Gasteiger partial charge in [0.05, 0.1) is 11.7 Å². The van der Waals surface area contributed by atoms with Crippen molar-refractivity contribution in [3.05, 3.63) is 34.6 Å². The second kappa shape index (κ2) is 5.47. The van der Waals surface area contributed by atoms with E-state index in [-0.39, 0.29) is 11.7 Å². The Labute approximate surface area is 104 Å². The van der Waals surface area contributed by atoms with Crippen LogP contribution in [-0.4, -0.2) is 25.2 Å². The molecule has 1 aliphatic heterocycles. The van der Waals surface area contributed by atoms with Crippen LogP contribution < -0.4 is 5.32 Å². The third kappa shape index (κ3) is 3.17. The summed E-state index contributed by atoms with van der Waals surface area (Å²) in [6.45, 7) is 1.14. The fourth-order valence-electron chi connectivity index (χ4n) is 1.78. The van der Waals surface area contributed by atoms with Gasteiger partial charge in [-0.25, -0.2) is 4.39 Å². The van der Waals surface area contributed by atoms with Crippen LogP contribution in [-0.2, 0) is 4.74 Å². The Kier molecular flexibility index (Phi) is 3.97. The van der Waals surface area contributed by atoms with Crippen molar-refractivity contribution in [2.24, 2.45) is 0 Å². The fourth-order valence-corrected chi connectivity index (χ4v) is 1.95. The first-order chi connectivity index (χ1) is 8.16. The van der Waals surface area contributed by atoms with E-state index >= 15 is 0 Å². The molecule has 92 valence electrons. The number of amides is 1. The third-order valence-corrected chi connectivity index (χ3v) is 2.92. The van der Waals surface area contributed by atoms with Crippen LogP contribution in [0.1, 0.15) is 23.2 Å². The summed E-state index contributed by atoms with van der Waals surface area (Å²) in [5.41, 5.74) is -0.0319. The lowest BCUT2D eigenvalue weighted by Gasteiger charge is -2.11. The van der Waals surface area contributed by atoms with Gasteiger partial charge in [-0.1, -0.05) is 11.6 Å². The lowest BCUT2D eigenvalue weighted by Crippen LogP contribution is -2.32. The van der Waals surface area contributed by atoms with Gasteiger partial charge in [0.25, 0.3) is 5.91 Å². The van der Waals surface area contributed by atoms with Gasteiger partial charge < -0.3 is 10.1 Å². The quantitative estimate of drug-likeness (QED) is 0.903. The molecule has 1 aromatic carbocycles. The standard InChI is InChI=1S/C12H13ClFNO2/c13-8-3-4-11(14)10(6-8)12(16)15-7-9-2-1-5-17-9/h3-4,6,9H,1-2,5,7H2,(H,15,16)/t9-/m1/s1. The molecule has 1 amide bonds. The van der Waals surface area contributed by atoms with E-state index in [4.69, 9.17) is 16.3 Å². The van der Waals surface area contributed by atoms with Gasteiger partial charge in [-0.2, -0.15) is 0 Å². The average Bonchev–Trinajstić information content (AvgIpc) is 2.82. The highest BCUT2D eigenvalue weighted by Gasteiger charge is 2.18. The number of hydrogen-bond donors (Lipinski definition) is 1. The Hall–Kier alpha value is -1.13. The SMILES string of the molecule is O=C(NC[C@H]1CCCO1)c1cc(Cl)ccc1F. The van der Waals surface area contributed by atoms with Gasteiger partial charge in [0, 0.05) is 18.2 Å². The van der Waals surface area contributed by atoms with Crippen LogP contribution in [0.15, 0.2) is 18.2 Å². The number of halogens is 2. The number of nitrogens with one attached hydrogen (secondary N) is 1. The summed E-state index contributed by atoms with van der Waals surface area (Å²) in [6.07, 6.45) is 1.98. The number of benzene rings is 1. The highest BCUT2D eigenvalue weighted by atomic mass is 35.5. The molecule has 1 fully saturated rings. The molecule has 2 rings (SSSR count). The lowest BCUT2D eigenvalue weighted by molar-refractivity contribution is 0.0854. The van der Waals surface area contributed by atoms with E-state index in [0.29, 0.717) is 11.6 Å². The molecular formula is C12H13ClFNO2. The number of carbonyl (C=O) groups is 1. The van der Waals surface area contributed by atoms with E-state index in [1.807, 2.05) is 0 Å². The molecule has 1 saturated heterocycles. The molecular weight excluding hydrogens is 245 g/mol. The van der Waals surface area contributed by atoms with E-state index in [9.17, 15) is 9.18 Å². The van der Waals surface area contributed by atoms with Crippen molar-refractivity contribution in [3.8, 4) is 0 Å². The highest BCUT2D eigenvalue weighted by Crippen LogP contribution is 2.15. The third-order valence-electron chi connectivity index (χ3n) is 2.69. The zero-order chi connectivity index (χ0) is 12.3. The second-order valence-corrected chi connectivity index (χ2v) is 4.41. The molecule has 0 saturated carbocycles. The molecule has 1 atom stereocenters. The maximum absolute atomic E-state index is 13.4. The molecule has 1 heterocycles. The topological polar surface area (TPSA) is 38.3 Å². The van der Waals surface area contributed by atoms with Crippen molar-refractivity contribution < 1.29 is 13.9 Å². The van der Waals surface area contributed by atoms with Crippen LogP contribution in [0.25, 0.3) is 0 Å². The largest absolute Gasteiger partial charge is 0.376 e. The van der Waals surface area contributed by atoms with Crippen LogP contribution in [0.3, 0.4) is 0 Å². The van der Waals surface area contributed by atoms with Gasteiger partial charge in [-0.3, -0.25) is 4.79 Å². The van der Waals surface area contributed by atoms with E-state index in [1.54, 1.807) is 0 Å². The van der Waals surface area contributed by atoms with Gasteiger partial charge in [-0.15, -0.1) is 0 Å². The summed E-state index contributed by atoms with van der Waals surface area (Å²) < 4.78 is 18.7. The van der Waals surface area contributed by atoms with Crippen LogP contribution in [0.4, 0.5) is 4.39 Å². The zero-order valence-corrected chi connectivity index (χ0v) is 9.97. The minimum absolute atomic E-state index is 0.0319. The molecule has 0 spiro atoms. The van der Waals surface area contributed by atoms with Crippen molar-refractivity contribution in [2.75, 3.05) is 13.2 Å². The van der Waals surface area contributed by atoms with E-state index in [0.717, 1.165) is 19.4 Å². The van der Waals surface area contributed by atoms with E-state index in [2.05, 4.69) is 5.32 Å². The molecule has 1 aromatic rings. The monoisotopic (exact) mass is 257 g/mol. The Morgan fingerprint density at radius 1 is 1.59 bits per heavy atom. The minimum Gasteiger partial charge on any atom is -0.376 e. The fraction of sp³-hybridized carbons (Fsp3) is 0.417. The first-order valence-corrected chi connectivity index (χ1v) is 5.89. The van der Waals surface area contributed by atoms with Crippen molar-refractivity contribution in [2.45, 2.75) is 18.9 Å². The van der Waals surface area contributed by atoms with Crippen LogP contribution in [0.2, 0.25) is 5.02 Å². The molecule has 0 aliphatic carbocycles. The Bertz CT molecular complexity index is 419. The van der Waals surface area contributed by atoms with Gasteiger partial charge >= 0.3 is 0 Å². The van der Waals surface area contributed by atoms with Crippen LogP contribution >= 0.6 is 11.6 Å². The summed E-state index contributed by atoms with van der Waals surface area (Å²) in [6, 6.07) is 3.92. The van der Waals surface area contributed by atoms with E-state index < -0.39 is 11.7 Å². The molecule has 3 nitrogen and oxygen atoms in total. The molecule has 0 aromatic heterocycles.